The molecule has 1 unspecified atom stereocenters. The number of nitrogens with zero attached hydrogens (tertiary/aromatic N) is 2. The number of aryl methyl sites for hydroxylation is 3. The van der Waals surface area contributed by atoms with Gasteiger partial charge in [-0.1, -0.05) is 48.0 Å². The first kappa shape index (κ1) is 20.5. The average molecular weight is 389 g/mol. The van der Waals surface area contributed by atoms with Gasteiger partial charge < -0.3 is 5.32 Å². The highest BCUT2D eigenvalue weighted by Gasteiger charge is 2.12. The van der Waals surface area contributed by atoms with Gasteiger partial charge in [0.1, 0.15) is 6.54 Å². The van der Waals surface area contributed by atoms with Crippen molar-refractivity contribution in [1.29, 1.82) is 0 Å². The third kappa shape index (κ3) is 5.64. The van der Waals surface area contributed by atoms with Crippen molar-refractivity contribution in [2.75, 3.05) is 0 Å². The summed E-state index contributed by atoms with van der Waals surface area (Å²) >= 11 is 0. The van der Waals surface area contributed by atoms with Crippen molar-refractivity contribution in [2.45, 2.75) is 46.2 Å². The molecular formula is C24H27N3O2. The molecule has 150 valence electrons. The minimum Gasteiger partial charge on any atom is -0.352 e. The van der Waals surface area contributed by atoms with Crippen LogP contribution in [0.2, 0.25) is 0 Å². The molecule has 0 fully saturated rings. The van der Waals surface area contributed by atoms with Crippen molar-refractivity contribution in [2.24, 2.45) is 0 Å². The van der Waals surface area contributed by atoms with Crippen LogP contribution in [0.5, 0.6) is 0 Å². The van der Waals surface area contributed by atoms with Gasteiger partial charge in [-0.3, -0.25) is 9.59 Å². The van der Waals surface area contributed by atoms with E-state index in [0.717, 1.165) is 29.5 Å². The first-order valence-corrected chi connectivity index (χ1v) is 9.91. The predicted octanol–water partition coefficient (Wildman–Crippen LogP) is 3.66. The van der Waals surface area contributed by atoms with Gasteiger partial charge in [-0.15, -0.1) is 0 Å². The van der Waals surface area contributed by atoms with Gasteiger partial charge >= 0.3 is 0 Å². The first-order valence-electron chi connectivity index (χ1n) is 9.91. The van der Waals surface area contributed by atoms with Gasteiger partial charge in [-0.2, -0.15) is 5.10 Å². The number of rotatable bonds is 7. The van der Waals surface area contributed by atoms with Gasteiger partial charge in [-0.25, -0.2) is 4.68 Å². The zero-order valence-corrected chi connectivity index (χ0v) is 17.2. The van der Waals surface area contributed by atoms with Crippen LogP contribution in [0, 0.1) is 13.8 Å². The maximum absolute atomic E-state index is 12.4. The lowest BCUT2D eigenvalue weighted by atomic mass is 10.0. The SMILES string of the molecule is Cc1ccc(C)c(-c2ccc(=O)n(CC(=O)NC(C)CCc3ccccc3)n2)c1. The van der Waals surface area contributed by atoms with Gasteiger partial charge in [0.2, 0.25) is 5.91 Å². The Kier molecular flexibility index (Phi) is 6.60. The minimum atomic E-state index is -0.286. The summed E-state index contributed by atoms with van der Waals surface area (Å²) in [6.45, 7) is 5.91. The van der Waals surface area contributed by atoms with Crippen LogP contribution in [0.3, 0.4) is 0 Å². The van der Waals surface area contributed by atoms with E-state index in [1.165, 1.54) is 16.3 Å². The van der Waals surface area contributed by atoms with E-state index in [1.54, 1.807) is 6.07 Å². The molecule has 0 spiro atoms. The molecule has 0 saturated heterocycles. The second-order valence-corrected chi connectivity index (χ2v) is 7.53. The number of amides is 1. The maximum Gasteiger partial charge on any atom is 0.267 e. The zero-order valence-electron chi connectivity index (χ0n) is 17.2. The number of carbonyl (C=O) groups excluding carboxylic acids is 1. The third-order valence-electron chi connectivity index (χ3n) is 4.95. The lowest BCUT2D eigenvalue weighted by molar-refractivity contribution is -0.122. The third-order valence-corrected chi connectivity index (χ3v) is 4.95. The Morgan fingerprint density at radius 2 is 1.83 bits per heavy atom. The maximum atomic E-state index is 12.4. The van der Waals surface area contributed by atoms with Crippen molar-refractivity contribution in [3.8, 4) is 11.3 Å². The fourth-order valence-corrected chi connectivity index (χ4v) is 3.27. The Morgan fingerprint density at radius 3 is 2.59 bits per heavy atom. The summed E-state index contributed by atoms with van der Waals surface area (Å²) in [4.78, 5) is 24.7. The second kappa shape index (κ2) is 9.32. The van der Waals surface area contributed by atoms with Crippen LogP contribution in [0.25, 0.3) is 11.3 Å². The fourth-order valence-electron chi connectivity index (χ4n) is 3.27. The highest BCUT2D eigenvalue weighted by Crippen LogP contribution is 2.21. The molecule has 1 heterocycles. The van der Waals surface area contributed by atoms with Crippen molar-refractivity contribution in [3.05, 3.63) is 87.7 Å². The number of carbonyl (C=O) groups is 1. The highest BCUT2D eigenvalue weighted by atomic mass is 16.2. The molecule has 0 radical (unpaired) electrons. The number of benzene rings is 2. The molecule has 1 atom stereocenters. The summed E-state index contributed by atoms with van der Waals surface area (Å²) in [7, 11) is 0. The van der Waals surface area contributed by atoms with E-state index in [2.05, 4.69) is 22.5 Å². The first-order chi connectivity index (χ1) is 13.9. The van der Waals surface area contributed by atoms with Crippen molar-refractivity contribution in [1.82, 2.24) is 15.1 Å². The van der Waals surface area contributed by atoms with Crippen LogP contribution in [0.15, 0.2) is 65.5 Å². The van der Waals surface area contributed by atoms with Gasteiger partial charge in [0.15, 0.2) is 0 Å². The van der Waals surface area contributed by atoms with Crippen molar-refractivity contribution >= 4 is 5.91 Å². The Morgan fingerprint density at radius 1 is 1.07 bits per heavy atom. The monoisotopic (exact) mass is 389 g/mol. The van der Waals surface area contributed by atoms with E-state index in [4.69, 9.17) is 0 Å². The molecule has 0 aliphatic carbocycles. The smallest absolute Gasteiger partial charge is 0.267 e. The summed E-state index contributed by atoms with van der Waals surface area (Å²) in [6.07, 6.45) is 1.73. The summed E-state index contributed by atoms with van der Waals surface area (Å²) in [5, 5.41) is 7.40. The predicted molar refractivity (Wildman–Crippen MR) is 116 cm³/mol. The molecule has 1 amide bonds. The molecule has 2 aromatic carbocycles. The summed E-state index contributed by atoms with van der Waals surface area (Å²) in [5.74, 6) is -0.210. The molecule has 0 aliphatic rings. The molecule has 3 rings (SSSR count). The van der Waals surface area contributed by atoms with E-state index in [0.29, 0.717) is 5.69 Å². The van der Waals surface area contributed by atoms with Crippen LogP contribution in [0.1, 0.15) is 30.0 Å². The van der Waals surface area contributed by atoms with E-state index in [9.17, 15) is 9.59 Å². The Labute approximate surface area is 171 Å². The molecule has 5 nitrogen and oxygen atoms in total. The van der Waals surface area contributed by atoms with Gasteiger partial charge in [0, 0.05) is 17.7 Å². The second-order valence-electron chi connectivity index (χ2n) is 7.53. The summed E-state index contributed by atoms with van der Waals surface area (Å²) < 4.78 is 1.23. The highest BCUT2D eigenvalue weighted by molar-refractivity contribution is 5.76. The van der Waals surface area contributed by atoms with Crippen LogP contribution in [-0.2, 0) is 17.8 Å². The number of hydrogen-bond donors (Lipinski definition) is 1. The topological polar surface area (TPSA) is 64.0 Å². The standard InChI is InChI=1S/C24H27N3O2/c1-17-9-10-18(2)21(15-17)22-13-14-24(29)27(26-22)16-23(28)25-19(3)11-12-20-7-5-4-6-8-20/h4-10,13-15,19H,11-12,16H2,1-3H3,(H,25,28). The van der Waals surface area contributed by atoms with E-state index in [1.807, 2.05) is 57.2 Å². The minimum absolute atomic E-state index is 0.0145. The summed E-state index contributed by atoms with van der Waals surface area (Å²) in [5.41, 5.74) is 4.81. The molecule has 1 aromatic heterocycles. The number of hydrogen-bond acceptors (Lipinski definition) is 3. The van der Waals surface area contributed by atoms with E-state index < -0.39 is 0 Å². The largest absolute Gasteiger partial charge is 0.352 e. The lowest BCUT2D eigenvalue weighted by Gasteiger charge is -2.15. The van der Waals surface area contributed by atoms with Crippen LogP contribution in [-0.4, -0.2) is 21.7 Å². The molecule has 0 saturated carbocycles. The van der Waals surface area contributed by atoms with Gasteiger partial charge in [-0.05, 0) is 56.9 Å². The Balaban J connectivity index is 1.65. The Bertz CT molecular complexity index is 1040. The molecule has 0 bridgehead atoms. The molecular weight excluding hydrogens is 362 g/mol. The van der Waals surface area contributed by atoms with Crippen LogP contribution in [0.4, 0.5) is 0 Å². The van der Waals surface area contributed by atoms with E-state index >= 15 is 0 Å². The quantitative estimate of drug-likeness (QED) is 0.671. The Hall–Kier alpha value is -3.21. The van der Waals surface area contributed by atoms with Gasteiger partial charge in [0.25, 0.3) is 5.56 Å². The van der Waals surface area contributed by atoms with Crippen molar-refractivity contribution < 1.29 is 4.79 Å². The average Bonchev–Trinajstić information content (AvgIpc) is 2.71. The normalized spacial score (nSPS) is 11.8. The summed E-state index contributed by atoms with van der Waals surface area (Å²) in [6, 6.07) is 19.5. The number of nitrogens with one attached hydrogen (secondary N) is 1. The zero-order chi connectivity index (χ0) is 20.8. The molecule has 0 aliphatic heterocycles. The molecule has 5 heteroatoms. The van der Waals surface area contributed by atoms with Crippen molar-refractivity contribution in [3.63, 3.8) is 0 Å². The lowest BCUT2D eigenvalue weighted by Crippen LogP contribution is -2.38. The molecule has 29 heavy (non-hydrogen) atoms. The van der Waals surface area contributed by atoms with E-state index in [-0.39, 0.29) is 24.1 Å². The molecule has 3 aromatic rings. The molecule has 1 N–H and O–H groups in total. The van der Waals surface area contributed by atoms with Crippen LogP contribution >= 0.6 is 0 Å². The van der Waals surface area contributed by atoms with Gasteiger partial charge in [0.05, 0.1) is 5.69 Å². The fraction of sp³-hybridized carbons (Fsp3) is 0.292. The number of aromatic nitrogens is 2. The van der Waals surface area contributed by atoms with Crippen LogP contribution < -0.4 is 10.9 Å².